The van der Waals surface area contributed by atoms with Crippen molar-refractivity contribution in [1.29, 1.82) is 0 Å². The highest BCUT2D eigenvalue weighted by Gasteiger charge is 2.20. The van der Waals surface area contributed by atoms with Crippen LogP contribution in [-0.4, -0.2) is 24.7 Å². The van der Waals surface area contributed by atoms with Gasteiger partial charge in [0.05, 0.1) is 10.7 Å². The van der Waals surface area contributed by atoms with Crippen LogP contribution in [0.2, 0.25) is 0 Å². The van der Waals surface area contributed by atoms with Gasteiger partial charge in [0, 0.05) is 30.2 Å². The smallest absolute Gasteiger partial charge is 0.258 e. The highest BCUT2D eigenvalue weighted by molar-refractivity contribution is 9.10. The number of benzene rings is 2. The third-order valence-corrected chi connectivity index (χ3v) is 5.87. The van der Waals surface area contributed by atoms with E-state index in [2.05, 4.69) is 15.9 Å². The normalized spacial score (nSPS) is 11.6. The molecule has 0 fully saturated rings. The van der Waals surface area contributed by atoms with Crippen molar-refractivity contribution in [2.45, 2.75) is 12.3 Å². The standard InChI is InChI=1S/C15H15BrN2O4S/c1-17(10-13-4-2-3-5-15(13)16)23(21,22)11-12-6-8-14(9-7-12)18(19)20/h2-9H,10-11H2,1H3. The van der Waals surface area contributed by atoms with Crippen LogP contribution >= 0.6 is 15.9 Å². The molecule has 0 saturated carbocycles. The summed E-state index contributed by atoms with van der Waals surface area (Å²) < 4.78 is 26.9. The van der Waals surface area contributed by atoms with Crippen molar-refractivity contribution in [3.05, 3.63) is 74.2 Å². The van der Waals surface area contributed by atoms with Crippen molar-refractivity contribution < 1.29 is 13.3 Å². The molecule has 2 aromatic rings. The van der Waals surface area contributed by atoms with Crippen LogP contribution in [0, 0.1) is 10.1 Å². The third-order valence-electron chi connectivity index (χ3n) is 3.32. The van der Waals surface area contributed by atoms with E-state index in [0.29, 0.717) is 5.56 Å². The molecule has 0 atom stereocenters. The second kappa shape index (κ2) is 7.20. The van der Waals surface area contributed by atoms with Crippen LogP contribution < -0.4 is 0 Å². The summed E-state index contributed by atoms with van der Waals surface area (Å²) in [7, 11) is -2.00. The molecule has 2 rings (SSSR count). The van der Waals surface area contributed by atoms with Gasteiger partial charge < -0.3 is 0 Å². The Hall–Kier alpha value is -1.77. The lowest BCUT2D eigenvalue weighted by molar-refractivity contribution is -0.384. The van der Waals surface area contributed by atoms with Gasteiger partial charge >= 0.3 is 0 Å². The molecule has 23 heavy (non-hydrogen) atoms. The molecule has 8 heteroatoms. The second-order valence-corrected chi connectivity index (χ2v) is 7.96. The molecule has 0 amide bonds. The maximum absolute atomic E-state index is 12.4. The number of hydrogen-bond acceptors (Lipinski definition) is 4. The Kier molecular flexibility index (Phi) is 5.51. The van der Waals surface area contributed by atoms with Crippen molar-refractivity contribution in [3.63, 3.8) is 0 Å². The Bertz CT molecular complexity index is 806. The van der Waals surface area contributed by atoms with Crippen LogP contribution in [0.1, 0.15) is 11.1 Å². The summed E-state index contributed by atoms with van der Waals surface area (Å²) in [4.78, 5) is 10.1. The van der Waals surface area contributed by atoms with Crippen LogP contribution in [0.25, 0.3) is 0 Å². The Labute approximate surface area is 143 Å². The quantitative estimate of drug-likeness (QED) is 0.551. The van der Waals surface area contributed by atoms with E-state index in [1.54, 1.807) is 0 Å². The van der Waals surface area contributed by atoms with E-state index in [-0.39, 0.29) is 18.0 Å². The summed E-state index contributed by atoms with van der Waals surface area (Å²) in [6.07, 6.45) is 0. The first-order valence-corrected chi connectivity index (χ1v) is 9.10. The number of nitro groups is 1. The average Bonchev–Trinajstić information content (AvgIpc) is 2.49. The molecular formula is C15H15BrN2O4S. The van der Waals surface area contributed by atoms with Gasteiger partial charge in [-0.2, -0.15) is 0 Å². The molecule has 0 aliphatic heterocycles. The van der Waals surface area contributed by atoms with Crippen molar-refractivity contribution in [1.82, 2.24) is 4.31 Å². The lowest BCUT2D eigenvalue weighted by Crippen LogP contribution is -2.27. The molecule has 0 aromatic heterocycles. The minimum absolute atomic E-state index is 0.0623. The summed E-state index contributed by atoms with van der Waals surface area (Å²) in [5.41, 5.74) is 1.31. The first-order chi connectivity index (χ1) is 10.8. The Morgan fingerprint density at radius 1 is 1.13 bits per heavy atom. The summed E-state index contributed by atoms with van der Waals surface area (Å²) in [5, 5.41) is 10.6. The minimum Gasteiger partial charge on any atom is -0.258 e. The SMILES string of the molecule is CN(Cc1ccccc1Br)S(=O)(=O)Cc1ccc([N+](=O)[O-])cc1. The molecular weight excluding hydrogens is 384 g/mol. The summed E-state index contributed by atoms with van der Waals surface area (Å²) >= 11 is 3.39. The zero-order valence-electron chi connectivity index (χ0n) is 12.3. The lowest BCUT2D eigenvalue weighted by atomic mass is 10.2. The fourth-order valence-electron chi connectivity index (χ4n) is 2.00. The molecule has 2 aromatic carbocycles. The van der Waals surface area contributed by atoms with Gasteiger partial charge in [-0.1, -0.05) is 46.3 Å². The van der Waals surface area contributed by atoms with Gasteiger partial charge in [0.15, 0.2) is 0 Å². The van der Waals surface area contributed by atoms with Crippen molar-refractivity contribution in [2.75, 3.05) is 7.05 Å². The van der Waals surface area contributed by atoms with E-state index in [0.717, 1.165) is 10.0 Å². The second-order valence-electron chi connectivity index (χ2n) is 5.03. The van der Waals surface area contributed by atoms with Crippen LogP contribution in [0.3, 0.4) is 0 Å². The molecule has 0 aliphatic rings. The van der Waals surface area contributed by atoms with E-state index >= 15 is 0 Å². The molecule has 6 nitrogen and oxygen atoms in total. The number of halogens is 1. The van der Waals surface area contributed by atoms with Crippen LogP contribution in [-0.2, 0) is 22.3 Å². The Morgan fingerprint density at radius 2 is 1.74 bits per heavy atom. The van der Waals surface area contributed by atoms with Gasteiger partial charge in [-0.05, 0) is 17.2 Å². The number of sulfonamides is 1. The van der Waals surface area contributed by atoms with Gasteiger partial charge in [-0.3, -0.25) is 10.1 Å². The zero-order chi connectivity index (χ0) is 17.0. The Morgan fingerprint density at radius 3 is 2.30 bits per heavy atom. The van der Waals surface area contributed by atoms with Crippen molar-refractivity contribution in [2.24, 2.45) is 0 Å². The number of hydrogen-bond donors (Lipinski definition) is 0. The van der Waals surface area contributed by atoms with E-state index < -0.39 is 14.9 Å². The maximum Gasteiger partial charge on any atom is 0.269 e. The van der Waals surface area contributed by atoms with Crippen LogP contribution in [0.5, 0.6) is 0 Å². The zero-order valence-corrected chi connectivity index (χ0v) is 14.7. The van der Waals surface area contributed by atoms with Crippen molar-refractivity contribution >= 4 is 31.6 Å². The number of nitro benzene ring substituents is 1. The molecule has 0 bridgehead atoms. The van der Waals surface area contributed by atoms with Gasteiger partial charge in [-0.25, -0.2) is 12.7 Å². The van der Waals surface area contributed by atoms with Gasteiger partial charge in [0.1, 0.15) is 0 Å². The third kappa shape index (κ3) is 4.60. The highest BCUT2D eigenvalue weighted by Crippen LogP contribution is 2.20. The predicted octanol–water partition coefficient (Wildman–Crippen LogP) is 3.32. The van der Waals surface area contributed by atoms with E-state index in [4.69, 9.17) is 0 Å². The minimum atomic E-state index is -3.52. The molecule has 0 aliphatic carbocycles. The summed E-state index contributed by atoms with van der Waals surface area (Å²) in [6.45, 7) is 0.247. The molecule has 0 N–H and O–H groups in total. The van der Waals surface area contributed by atoms with Gasteiger partial charge in [0.25, 0.3) is 5.69 Å². The maximum atomic E-state index is 12.4. The Balaban J connectivity index is 2.11. The average molecular weight is 399 g/mol. The predicted molar refractivity (Wildman–Crippen MR) is 91.3 cm³/mol. The molecule has 0 radical (unpaired) electrons. The number of rotatable bonds is 6. The monoisotopic (exact) mass is 398 g/mol. The molecule has 0 spiro atoms. The number of nitrogens with zero attached hydrogens (tertiary/aromatic N) is 2. The fraction of sp³-hybridized carbons (Fsp3) is 0.200. The van der Waals surface area contributed by atoms with Crippen LogP contribution in [0.4, 0.5) is 5.69 Å². The summed E-state index contributed by atoms with van der Waals surface area (Å²) in [5.74, 6) is -0.202. The topological polar surface area (TPSA) is 80.5 Å². The van der Waals surface area contributed by atoms with E-state index in [1.807, 2.05) is 24.3 Å². The fourth-order valence-corrected chi connectivity index (χ4v) is 3.58. The first kappa shape index (κ1) is 17.6. The van der Waals surface area contributed by atoms with E-state index in [9.17, 15) is 18.5 Å². The molecule has 0 heterocycles. The molecule has 0 unspecified atom stereocenters. The van der Waals surface area contributed by atoms with Gasteiger partial charge in [-0.15, -0.1) is 0 Å². The highest BCUT2D eigenvalue weighted by atomic mass is 79.9. The van der Waals surface area contributed by atoms with E-state index in [1.165, 1.54) is 35.6 Å². The summed E-state index contributed by atoms with van der Waals surface area (Å²) in [6, 6.07) is 12.9. The molecule has 122 valence electrons. The van der Waals surface area contributed by atoms with Gasteiger partial charge in [0.2, 0.25) is 10.0 Å². The first-order valence-electron chi connectivity index (χ1n) is 6.70. The lowest BCUT2D eigenvalue weighted by Gasteiger charge is -2.18. The molecule has 0 saturated heterocycles. The van der Waals surface area contributed by atoms with Crippen molar-refractivity contribution in [3.8, 4) is 0 Å². The number of non-ortho nitro benzene ring substituents is 1. The largest absolute Gasteiger partial charge is 0.269 e. The van der Waals surface area contributed by atoms with Crippen LogP contribution in [0.15, 0.2) is 53.0 Å².